The van der Waals surface area contributed by atoms with Gasteiger partial charge in [0.2, 0.25) is 0 Å². The van der Waals surface area contributed by atoms with Crippen LogP contribution in [0.1, 0.15) is 26.3 Å². The van der Waals surface area contributed by atoms with E-state index in [1.54, 1.807) is 20.8 Å². The first-order valence-electron chi connectivity index (χ1n) is 8.80. The molecule has 1 saturated heterocycles. The van der Waals surface area contributed by atoms with E-state index in [9.17, 15) is 14.4 Å². The minimum absolute atomic E-state index is 0.0957. The Morgan fingerprint density at radius 3 is 2.63 bits per heavy atom. The summed E-state index contributed by atoms with van der Waals surface area (Å²) in [5.41, 5.74) is 0.313. The van der Waals surface area contributed by atoms with E-state index in [-0.39, 0.29) is 17.6 Å². The lowest BCUT2D eigenvalue weighted by Gasteiger charge is -2.23. The largest absolute Gasteiger partial charge is 0.447 e. The standard InChI is InChI=1S/C19H26N2O5S/c1-19(2,3)26-18(24)21-15(9-13-7-5-4-6-8-13)16(22)12-27-11-14-10-25-17(23)20-14/h4-8,14-15H,9-12H2,1-3H3,(H,20,23)(H,21,24)/t14?,15-/m0/s1. The highest BCUT2D eigenvalue weighted by atomic mass is 32.2. The van der Waals surface area contributed by atoms with Crippen molar-refractivity contribution in [2.75, 3.05) is 18.1 Å². The Morgan fingerprint density at radius 1 is 1.33 bits per heavy atom. The second-order valence-corrected chi connectivity index (χ2v) is 8.34. The molecule has 2 amide bonds. The maximum atomic E-state index is 12.7. The zero-order chi connectivity index (χ0) is 19.9. The third kappa shape index (κ3) is 7.90. The summed E-state index contributed by atoms with van der Waals surface area (Å²) in [4.78, 5) is 35.8. The number of carbonyl (C=O) groups excluding carboxylic acids is 3. The molecule has 7 nitrogen and oxygen atoms in total. The van der Waals surface area contributed by atoms with Crippen LogP contribution in [0.2, 0.25) is 0 Å². The highest BCUT2D eigenvalue weighted by Crippen LogP contribution is 2.12. The van der Waals surface area contributed by atoms with Gasteiger partial charge in [0.05, 0.1) is 17.8 Å². The number of benzene rings is 1. The summed E-state index contributed by atoms with van der Waals surface area (Å²) in [6.45, 7) is 5.63. The first-order valence-corrected chi connectivity index (χ1v) is 9.95. The quantitative estimate of drug-likeness (QED) is 0.704. The van der Waals surface area contributed by atoms with Crippen molar-refractivity contribution < 1.29 is 23.9 Å². The highest BCUT2D eigenvalue weighted by molar-refractivity contribution is 8.00. The lowest BCUT2D eigenvalue weighted by atomic mass is 10.0. The fourth-order valence-electron chi connectivity index (χ4n) is 2.46. The third-order valence-corrected chi connectivity index (χ3v) is 4.79. The second-order valence-electron chi connectivity index (χ2n) is 7.31. The lowest BCUT2D eigenvalue weighted by Crippen LogP contribution is -2.45. The fraction of sp³-hybridized carbons (Fsp3) is 0.526. The summed E-state index contributed by atoms with van der Waals surface area (Å²) >= 11 is 1.40. The summed E-state index contributed by atoms with van der Waals surface area (Å²) in [5, 5.41) is 5.36. The van der Waals surface area contributed by atoms with Gasteiger partial charge in [0.1, 0.15) is 12.2 Å². The van der Waals surface area contributed by atoms with Crippen LogP contribution in [0.15, 0.2) is 30.3 Å². The first-order chi connectivity index (χ1) is 12.7. The topological polar surface area (TPSA) is 93.7 Å². The van der Waals surface area contributed by atoms with Crippen LogP contribution in [0.3, 0.4) is 0 Å². The number of hydrogen-bond acceptors (Lipinski definition) is 6. The van der Waals surface area contributed by atoms with E-state index < -0.39 is 23.8 Å². The average Bonchev–Trinajstić information content (AvgIpc) is 2.98. The van der Waals surface area contributed by atoms with Gasteiger partial charge < -0.3 is 20.1 Å². The average molecular weight is 394 g/mol. The SMILES string of the molecule is CC(C)(C)OC(=O)N[C@@H](Cc1ccccc1)C(=O)CSCC1COC(=O)N1. The number of thioether (sulfide) groups is 1. The molecule has 1 aromatic rings. The Morgan fingerprint density at radius 2 is 2.04 bits per heavy atom. The van der Waals surface area contributed by atoms with Crippen molar-refractivity contribution in [3.05, 3.63) is 35.9 Å². The second kappa shape index (κ2) is 9.64. The number of cyclic esters (lactones) is 1. The van der Waals surface area contributed by atoms with Gasteiger partial charge in [-0.2, -0.15) is 11.8 Å². The monoisotopic (exact) mass is 394 g/mol. The zero-order valence-electron chi connectivity index (χ0n) is 15.8. The fourth-order valence-corrected chi connectivity index (χ4v) is 3.45. The lowest BCUT2D eigenvalue weighted by molar-refractivity contribution is -0.118. The number of nitrogens with one attached hydrogen (secondary N) is 2. The Balaban J connectivity index is 1.91. The number of carbonyl (C=O) groups is 3. The van der Waals surface area contributed by atoms with Crippen LogP contribution >= 0.6 is 11.8 Å². The van der Waals surface area contributed by atoms with Crippen LogP contribution in [0.4, 0.5) is 9.59 Å². The Hall–Kier alpha value is -2.22. The summed E-state index contributed by atoms with van der Waals surface area (Å²) in [6.07, 6.45) is -0.651. The molecule has 2 atom stereocenters. The van der Waals surface area contributed by atoms with E-state index in [0.29, 0.717) is 18.8 Å². The molecule has 148 valence electrons. The summed E-state index contributed by atoms with van der Waals surface area (Å²) in [5.74, 6) is 0.696. The molecule has 1 fully saturated rings. The van der Waals surface area contributed by atoms with Gasteiger partial charge in [-0.1, -0.05) is 30.3 Å². The van der Waals surface area contributed by atoms with Gasteiger partial charge in [0, 0.05) is 5.75 Å². The molecule has 1 aliphatic heterocycles. The highest BCUT2D eigenvalue weighted by Gasteiger charge is 2.26. The van der Waals surface area contributed by atoms with Gasteiger partial charge in [-0.15, -0.1) is 0 Å². The number of amides is 2. The molecule has 27 heavy (non-hydrogen) atoms. The van der Waals surface area contributed by atoms with Gasteiger partial charge in [-0.05, 0) is 32.8 Å². The molecule has 1 heterocycles. The van der Waals surface area contributed by atoms with Gasteiger partial charge in [0.15, 0.2) is 5.78 Å². The van der Waals surface area contributed by atoms with E-state index >= 15 is 0 Å². The summed E-state index contributed by atoms with van der Waals surface area (Å²) in [7, 11) is 0. The van der Waals surface area contributed by atoms with Crippen LogP contribution in [0.25, 0.3) is 0 Å². The maximum Gasteiger partial charge on any atom is 0.408 e. The van der Waals surface area contributed by atoms with Crippen molar-refractivity contribution in [3.63, 3.8) is 0 Å². The van der Waals surface area contributed by atoms with E-state index in [1.807, 2.05) is 30.3 Å². The van der Waals surface area contributed by atoms with Crippen molar-refractivity contribution in [2.45, 2.75) is 44.9 Å². The van der Waals surface area contributed by atoms with Gasteiger partial charge in [-0.25, -0.2) is 9.59 Å². The Labute approximate surface area is 163 Å². The Bertz CT molecular complexity index is 660. The number of rotatable bonds is 8. The van der Waals surface area contributed by atoms with Crippen LogP contribution in [0, 0.1) is 0 Å². The molecule has 8 heteroatoms. The normalized spacial score (nSPS) is 17.6. The van der Waals surface area contributed by atoms with Crippen LogP contribution < -0.4 is 10.6 Å². The van der Waals surface area contributed by atoms with E-state index in [0.717, 1.165) is 5.56 Å². The van der Waals surface area contributed by atoms with Crippen molar-refractivity contribution in [1.82, 2.24) is 10.6 Å². The molecule has 2 N–H and O–H groups in total. The van der Waals surface area contributed by atoms with Gasteiger partial charge >= 0.3 is 12.2 Å². The molecule has 2 rings (SSSR count). The van der Waals surface area contributed by atoms with E-state index in [4.69, 9.17) is 9.47 Å². The van der Waals surface area contributed by atoms with Crippen LogP contribution in [-0.2, 0) is 20.7 Å². The van der Waals surface area contributed by atoms with Gasteiger partial charge in [-0.3, -0.25) is 4.79 Å². The molecule has 1 aliphatic rings. The van der Waals surface area contributed by atoms with Crippen LogP contribution in [-0.4, -0.2) is 53.8 Å². The minimum Gasteiger partial charge on any atom is -0.447 e. The molecule has 0 radical (unpaired) electrons. The molecule has 0 spiro atoms. The third-order valence-electron chi connectivity index (χ3n) is 3.66. The molecule has 0 aromatic heterocycles. The summed E-state index contributed by atoms with van der Waals surface area (Å²) in [6, 6.07) is 8.73. The molecular formula is C19H26N2O5S. The van der Waals surface area contributed by atoms with E-state index in [2.05, 4.69) is 10.6 Å². The van der Waals surface area contributed by atoms with Crippen molar-refractivity contribution >= 4 is 29.7 Å². The van der Waals surface area contributed by atoms with Crippen molar-refractivity contribution in [1.29, 1.82) is 0 Å². The number of hydrogen-bond donors (Lipinski definition) is 2. The minimum atomic E-state index is -0.677. The number of ketones is 1. The molecule has 1 unspecified atom stereocenters. The molecular weight excluding hydrogens is 368 g/mol. The first kappa shape index (κ1) is 21.1. The number of ether oxygens (including phenoxy) is 2. The molecule has 0 saturated carbocycles. The predicted octanol–water partition coefficient (Wildman–Crippen LogP) is 2.53. The Kier molecular flexibility index (Phi) is 7.53. The maximum absolute atomic E-state index is 12.7. The van der Waals surface area contributed by atoms with Crippen molar-refractivity contribution in [2.24, 2.45) is 0 Å². The molecule has 1 aromatic carbocycles. The zero-order valence-corrected chi connectivity index (χ0v) is 16.6. The van der Waals surface area contributed by atoms with E-state index in [1.165, 1.54) is 11.8 Å². The van der Waals surface area contributed by atoms with Crippen molar-refractivity contribution in [3.8, 4) is 0 Å². The summed E-state index contributed by atoms with van der Waals surface area (Å²) < 4.78 is 10.1. The van der Waals surface area contributed by atoms with Gasteiger partial charge in [0.25, 0.3) is 0 Å². The molecule has 0 aliphatic carbocycles. The smallest absolute Gasteiger partial charge is 0.408 e. The molecule has 0 bridgehead atoms. The number of Topliss-reactive ketones (excluding diaryl/α,β-unsaturated/α-hetero) is 1. The predicted molar refractivity (Wildman–Crippen MR) is 104 cm³/mol. The van der Waals surface area contributed by atoms with Crippen LogP contribution in [0.5, 0.6) is 0 Å². The number of alkyl carbamates (subject to hydrolysis) is 2.